The van der Waals surface area contributed by atoms with Gasteiger partial charge in [-0.1, -0.05) is 0 Å². The molecule has 20 heavy (non-hydrogen) atoms. The Morgan fingerprint density at radius 3 is 2.25 bits per heavy atom. The number of carbonyl (C=O) groups is 1. The summed E-state index contributed by atoms with van der Waals surface area (Å²) in [5.74, 6) is 0. The Hall–Kier alpha value is -2.00. The highest BCUT2D eigenvalue weighted by Gasteiger charge is 2.31. The predicted octanol–water partition coefficient (Wildman–Crippen LogP) is -0.165. The van der Waals surface area contributed by atoms with Crippen LogP contribution < -0.4 is 11.5 Å². The zero-order valence-corrected chi connectivity index (χ0v) is 11.5. The summed E-state index contributed by atoms with van der Waals surface area (Å²) >= 11 is 0. The molecule has 1 aliphatic rings. The molecule has 2 rings (SSSR count). The molecule has 0 atom stereocenters. The lowest BCUT2D eigenvalue weighted by atomic mass is 10.3. The number of hydrogen-bond donors (Lipinski definition) is 3. The van der Waals surface area contributed by atoms with E-state index in [2.05, 4.69) is 0 Å². The quantitative estimate of drug-likeness (QED) is 0.650. The van der Waals surface area contributed by atoms with Gasteiger partial charge in [-0.25, -0.2) is 13.2 Å². The maximum absolute atomic E-state index is 12.4. The molecule has 110 valence electrons. The van der Waals surface area contributed by atoms with Crippen LogP contribution in [0.1, 0.15) is 0 Å². The van der Waals surface area contributed by atoms with Crippen LogP contribution in [0.2, 0.25) is 0 Å². The van der Waals surface area contributed by atoms with Gasteiger partial charge >= 0.3 is 6.09 Å². The number of nitrogens with zero attached hydrogens (tertiary/aromatic N) is 2. The van der Waals surface area contributed by atoms with Crippen LogP contribution in [0, 0.1) is 0 Å². The first-order valence-corrected chi connectivity index (χ1v) is 7.39. The van der Waals surface area contributed by atoms with Gasteiger partial charge in [0, 0.05) is 31.9 Å². The first kappa shape index (κ1) is 14.4. The number of amides is 1. The summed E-state index contributed by atoms with van der Waals surface area (Å²) in [4.78, 5) is 12.0. The second-order valence-electron chi connectivity index (χ2n) is 4.47. The summed E-state index contributed by atoms with van der Waals surface area (Å²) in [7, 11) is -3.73. The van der Waals surface area contributed by atoms with Crippen LogP contribution in [-0.2, 0) is 10.0 Å². The van der Waals surface area contributed by atoms with Gasteiger partial charge in [0.2, 0.25) is 10.0 Å². The van der Waals surface area contributed by atoms with Crippen LogP contribution in [0.5, 0.6) is 0 Å². The third-order valence-corrected chi connectivity index (χ3v) is 5.13. The van der Waals surface area contributed by atoms with Crippen molar-refractivity contribution in [2.24, 2.45) is 0 Å². The third kappa shape index (κ3) is 2.63. The molecule has 1 aromatic rings. The van der Waals surface area contributed by atoms with Gasteiger partial charge in [-0.3, -0.25) is 0 Å². The molecule has 1 aromatic carbocycles. The smallest absolute Gasteiger partial charge is 0.407 e. The van der Waals surface area contributed by atoms with Gasteiger partial charge < -0.3 is 21.5 Å². The number of nitrogen functional groups attached to an aromatic ring is 2. The van der Waals surface area contributed by atoms with Gasteiger partial charge in [0.1, 0.15) is 4.90 Å². The lowest BCUT2D eigenvalue weighted by molar-refractivity contribution is 0.126. The van der Waals surface area contributed by atoms with Crippen LogP contribution in [0.15, 0.2) is 23.1 Å². The van der Waals surface area contributed by atoms with E-state index in [1.54, 1.807) is 0 Å². The number of nitrogens with two attached hydrogens (primary N) is 2. The molecule has 1 fully saturated rings. The molecule has 5 N–H and O–H groups in total. The number of benzene rings is 1. The Labute approximate surface area is 116 Å². The highest BCUT2D eigenvalue weighted by Crippen LogP contribution is 2.25. The minimum atomic E-state index is -3.73. The topological polar surface area (TPSA) is 130 Å². The molecule has 0 unspecified atom stereocenters. The Morgan fingerprint density at radius 1 is 1.15 bits per heavy atom. The fourth-order valence-corrected chi connectivity index (χ4v) is 3.58. The molecule has 0 aromatic heterocycles. The van der Waals surface area contributed by atoms with Crippen molar-refractivity contribution in [3.05, 3.63) is 18.2 Å². The molecular weight excluding hydrogens is 284 g/mol. The van der Waals surface area contributed by atoms with Gasteiger partial charge in [0.25, 0.3) is 0 Å². The van der Waals surface area contributed by atoms with Gasteiger partial charge in [-0.15, -0.1) is 0 Å². The first-order valence-electron chi connectivity index (χ1n) is 5.95. The normalized spacial score (nSPS) is 17.1. The summed E-state index contributed by atoms with van der Waals surface area (Å²) in [6, 6.07) is 4.22. The molecule has 1 aliphatic heterocycles. The average Bonchev–Trinajstić information content (AvgIpc) is 2.38. The van der Waals surface area contributed by atoms with E-state index in [4.69, 9.17) is 16.6 Å². The van der Waals surface area contributed by atoms with E-state index in [-0.39, 0.29) is 36.8 Å². The van der Waals surface area contributed by atoms with Crippen LogP contribution >= 0.6 is 0 Å². The summed E-state index contributed by atoms with van der Waals surface area (Å²) in [6.07, 6.45) is -1.05. The minimum absolute atomic E-state index is 0.00419. The second kappa shape index (κ2) is 5.17. The number of sulfonamides is 1. The SMILES string of the molecule is Nc1ccc(S(=O)(=O)N2CCN(C(=O)O)CC2)c(N)c1. The summed E-state index contributed by atoms with van der Waals surface area (Å²) in [5, 5.41) is 8.84. The second-order valence-corrected chi connectivity index (χ2v) is 6.38. The lowest BCUT2D eigenvalue weighted by Gasteiger charge is -2.32. The van der Waals surface area contributed by atoms with Crippen molar-refractivity contribution in [2.45, 2.75) is 4.90 Å². The van der Waals surface area contributed by atoms with Gasteiger partial charge in [-0.05, 0) is 18.2 Å². The van der Waals surface area contributed by atoms with Crippen molar-refractivity contribution in [1.82, 2.24) is 9.21 Å². The highest BCUT2D eigenvalue weighted by molar-refractivity contribution is 7.89. The highest BCUT2D eigenvalue weighted by atomic mass is 32.2. The van der Waals surface area contributed by atoms with Gasteiger partial charge in [0.15, 0.2) is 0 Å². The van der Waals surface area contributed by atoms with Crippen molar-refractivity contribution in [2.75, 3.05) is 37.6 Å². The molecule has 1 heterocycles. The zero-order chi connectivity index (χ0) is 14.9. The summed E-state index contributed by atoms with van der Waals surface area (Å²) in [6.45, 7) is 0.504. The largest absolute Gasteiger partial charge is 0.465 e. The number of anilines is 2. The predicted molar refractivity (Wildman–Crippen MR) is 73.6 cm³/mol. The van der Waals surface area contributed by atoms with Crippen LogP contribution in [0.4, 0.5) is 16.2 Å². The fourth-order valence-electron chi connectivity index (χ4n) is 2.06. The fraction of sp³-hybridized carbons (Fsp3) is 0.364. The van der Waals surface area contributed by atoms with Crippen LogP contribution in [0.3, 0.4) is 0 Å². The summed E-state index contributed by atoms with van der Waals surface area (Å²) in [5.41, 5.74) is 11.7. The summed E-state index contributed by atoms with van der Waals surface area (Å²) < 4.78 is 26.1. The van der Waals surface area contributed by atoms with Crippen molar-refractivity contribution >= 4 is 27.5 Å². The maximum Gasteiger partial charge on any atom is 0.407 e. The van der Waals surface area contributed by atoms with Gasteiger partial charge in [-0.2, -0.15) is 4.31 Å². The number of carboxylic acid groups (broad SMARTS) is 1. The standard InChI is InChI=1S/C11H16N4O4S/c12-8-1-2-10(9(13)7-8)20(18,19)15-5-3-14(4-6-15)11(16)17/h1-2,7H,3-6,12-13H2,(H,16,17). The van der Waals surface area contributed by atoms with Crippen LogP contribution in [0.25, 0.3) is 0 Å². The molecular formula is C11H16N4O4S. The number of piperazine rings is 1. The zero-order valence-electron chi connectivity index (χ0n) is 10.7. The van der Waals surface area contributed by atoms with Crippen molar-refractivity contribution in [3.8, 4) is 0 Å². The maximum atomic E-state index is 12.4. The Bertz CT molecular complexity index is 623. The first-order chi connectivity index (χ1) is 9.32. The Kier molecular flexibility index (Phi) is 3.73. The molecule has 1 saturated heterocycles. The van der Waals surface area contributed by atoms with Crippen molar-refractivity contribution in [3.63, 3.8) is 0 Å². The van der Waals surface area contributed by atoms with E-state index in [1.165, 1.54) is 27.4 Å². The molecule has 1 amide bonds. The van der Waals surface area contributed by atoms with E-state index < -0.39 is 16.1 Å². The lowest BCUT2D eigenvalue weighted by Crippen LogP contribution is -2.50. The van der Waals surface area contributed by atoms with Crippen molar-refractivity contribution in [1.29, 1.82) is 0 Å². The molecule has 9 heteroatoms. The molecule has 8 nitrogen and oxygen atoms in total. The minimum Gasteiger partial charge on any atom is -0.465 e. The molecule has 0 bridgehead atoms. The van der Waals surface area contributed by atoms with Crippen molar-refractivity contribution < 1.29 is 18.3 Å². The van der Waals surface area contributed by atoms with E-state index >= 15 is 0 Å². The monoisotopic (exact) mass is 300 g/mol. The Morgan fingerprint density at radius 2 is 1.75 bits per heavy atom. The average molecular weight is 300 g/mol. The Balaban J connectivity index is 2.22. The van der Waals surface area contributed by atoms with Gasteiger partial charge in [0.05, 0.1) is 5.69 Å². The molecule has 0 aliphatic carbocycles. The number of hydrogen-bond acceptors (Lipinski definition) is 5. The third-order valence-electron chi connectivity index (χ3n) is 3.16. The van der Waals surface area contributed by atoms with E-state index in [1.807, 2.05) is 0 Å². The molecule has 0 saturated carbocycles. The van der Waals surface area contributed by atoms with E-state index in [0.717, 1.165) is 0 Å². The number of rotatable bonds is 2. The van der Waals surface area contributed by atoms with E-state index in [9.17, 15) is 13.2 Å². The molecule has 0 spiro atoms. The molecule has 0 radical (unpaired) electrons. The van der Waals surface area contributed by atoms with E-state index in [0.29, 0.717) is 5.69 Å². The van der Waals surface area contributed by atoms with Crippen LogP contribution in [-0.4, -0.2) is 55.0 Å².